The first kappa shape index (κ1) is 16.0. The second-order valence-corrected chi connectivity index (χ2v) is 8.37. The lowest BCUT2D eigenvalue weighted by Gasteiger charge is -2.36. The molecule has 2 aromatic rings. The van der Waals surface area contributed by atoms with Crippen LogP contribution in [0.2, 0.25) is 0 Å². The summed E-state index contributed by atoms with van der Waals surface area (Å²) in [4.78, 5) is 29.8. The van der Waals surface area contributed by atoms with Gasteiger partial charge in [-0.25, -0.2) is 0 Å². The summed E-state index contributed by atoms with van der Waals surface area (Å²) >= 11 is 1.63. The summed E-state index contributed by atoms with van der Waals surface area (Å²) in [6, 6.07) is 12.2. The van der Waals surface area contributed by atoms with E-state index in [0.717, 1.165) is 41.9 Å². The largest absolute Gasteiger partial charge is 0.351 e. The summed E-state index contributed by atoms with van der Waals surface area (Å²) in [5.74, 6) is -0.407. The summed E-state index contributed by atoms with van der Waals surface area (Å²) < 4.78 is 0. The maximum atomic E-state index is 13.2. The Kier molecular flexibility index (Phi) is 3.65. The normalized spacial score (nSPS) is 29.6. The van der Waals surface area contributed by atoms with Crippen molar-refractivity contribution in [2.45, 2.75) is 37.4 Å². The molecule has 1 spiro atoms. The van der Waals surface area contributed by atoms with E-state index in [9.17, 15) is 9.59 Å². The van der Waals surface area contributed by atoms with Crippen molar-refractivity contribution >= 4 is 28.8 Å². The third kappa shape index (κ3) is 2.12. The van der Waals surface area contributed by atoms with Gasteiger partial charge in [0.25, 0.3) is 0 Å². The highest BCUT2D eigenvalue weighted by Gasteiger charge is 2.65. The fraction of sp³-hybridized carbons (Fsp3) is 0.400. The molecular formula is C20H21N3O2S. The monoisotopic (exact) mass is 367 g/mol. The van der Waals surface area contributed by atoms with Gasteiger partial charge in [0.1, 0.15) is 5.54 Å². The van der Waals surface area contributed by atoms with Crippen LogP contribution in [0.3, 0.4) is 0 Å². The number of hydrogen-bond acceptors (Lipinski definition) is 4. The van der Waals surface area contributed by atoms with E-state index in [1.54, 1.807) is 11.3 Å². The van der Waals surface area contributed by atoms with Crippen LogP contribution in [0.1, 0.15) is 29.7 Å². The highest BCUT2D eigenvalue weighted by Crippen LogP contribution is 2.55. The predicted octanol–water partition coefficient (Wildman–Crippen LogP) is 2.70. The van der Waals surface area contributed by atoms with Crippen LogP contribution in [0.4, 0.5) is 5.69 Å². The number of amides is 2. The van der Waals surface area contributed by atoms with Crippen molar-refractivity contribution < 1.29 is 9.59 Å². The lowest BCUT2D eigenvalue weighted by Crippen LogP contribution is -2.54. The molecule has 0 aliphatic carbocycles. The van der Waals surface area contributed by atoms with Gasteiger partial charge in [-0.1, -0.05) is 24.3 Å². The third-order valence-corrected chi connectivity index (χ3v) is 6.98. The Bertz CT molecular complexity index is 866. The second-order valence-electron chi connectivity index (χ2n) is 7.34. The van der Waals surface area contributed by atoms with E-state index in [1.807, 2.05) is 41.8 Å². The Balaban J connectivity index is 1.52. The van der Waals surface area contributed by atoms with Crippen LogP contribution in [0.25, 0.3) is 0 Å². The first-order valence-electron chi connectivity index (χ1n) is 9.19. The summed E-state index contributed by atoms with van der Waals surface area (Å²) in [6.07, 6.45) is 2.90. The number of fused-ring (bicyclic) bond motifs is 4. The minimum Gasteiger partial charge on any atom is -0.351 e. The number of carbonyl (C=O) groups is 2. The molecule has 3 aliphatic heterocycles. The van der Waals surface area contributed by atoms with Crippen molar-refractivity contribution in [1.29, 1.82) is 0 Å². The molecule has 2 fully saturated rings. The Hall–Kier alpha value is -2.18. The standard InChI is InChI=1S/C20H21N3O2S/c24-18(21-12-14-6-4-10-26-14)16-11-13-5-3-9-23(13)20(16)15-7-1-2-8-17(15)22-19(20)25/h1-2,4,6-8,10,13,16H,3,5,9,11-12H2,(H,21,24)(H,22,25). The van der Waals surface area contributed by atoms with Crippen molar-refractivity contribution in [1.82, 2.24) is 10.2 Å². The van der Waals surface area contributed by atoms with E-state index < -0.39 is 5.54 Å². The molecule has 2 saturated heterocycles. The second kappa shape index (κ2) is 5.93. The van der Waals surface area contributed by atoms with Crippen LogP contribution < -0.4 is 10.6 Å². The number of nitrogens with zero attached hydrogens (tertiary/aromatic N) is 1. The predicted molar refractivity (Wildman–Crippen MR) is 101 cm³/mol. The molecule has 3 unspecified atom stereocenters. The van der Waals surface area contributed by atoms with E-state index in [1.165, 1.54) is 0 Å². The van der Waals surface area contributed by atoms with Gasteiger partial charge in [-0.15, -0.1) is 11.3 Å². The number of anilines is 1. The number of benzene rings is 1. The summed E-state index contributed by atoms with van der Waals surface area (Å²) in [6.45, 7) is 1.40. The lowest BCUT2D eigenvalue weighted by molar-refractivity contribution is -0.137. The van der Waals surface area contributed by atoms with Gasteiger partial charge in [0, 0.05) is 22.2 Å². The zero-order valence-electron chi connectivity index (χ0n) is 14.4. The smallest absolute Gasteiger partial charge is 0.250 e. The minimum absolute atomic E-state index is 0.0142. The summed E-state index contributed by atoms with van der Waals surface area (Å²) in [5.41, 5.74) is 0.962. The van der Waals surface area contributed by atoms with Crippen molar-refractivity contribution in [2.75, 3.05) is 11.9 Å². The van der Waals surface area contributed by atoms with E-state index in [-0.39, 0.29) is 17.7 Å². The molecule has 26 heavy (non-hydrogen) atoms. The summed E-state index contributed by atoms with van der Waals surface area (Å²) in [7, 11) is 0. The fourth-order valence-electron chi connectivity index (χ4n) is 5.09. The van der Waals surface area contributed by atoms with E-state index in [2.05, 4.69) is 15.5 Å². The molecular weight excluding hydrogens is 346 g/mol. The first-order chi connectivity index (χ1) is 12.7. The Morgan fingerprint density at radius 3 is 3.04 bits per heavy atom. The van der Waals surface area contributed by atoms with Crippen LogP contribution in [0, 0.1) is 5.92 Å². The number of hydrogen-bond donors (Lipinski definition) is 2. The van der Waals surface area contributed by atoms with Crippen molar-refractivity contribution in [3.8, 4) is 0 Å². The number of carbonyl (C=O) groups excluding carboxylic acids is 2. The quantitative estimate of drug-likeness (QED) is 0.877. The van der Waals surface area contributed by atoms with Gasteiger partial charge in [0.2, 0.25) is 11.8 Å². The fourth-order valence-corrected chi connectivity index (χ4v) is 5.74. The zero-order chi connectivity index (χ0) is 17.7. The molecule has 6 heteroatoms. The SMILES string of the molecule is O=C(NCc1cccs1)C1CC2CCCN2C12C(=O)Nc1ccccc12. The van der Waals surface area contributed by atoms with Gasteiger partial charge in [-0.2, -0.15) is 0 Å². The molecule has 134 valence electrons. The van der Waals surface area contributed by atoms with Gasteiger partial charge in [-0.05, 0) is 43.3 Å². The Morgan fingerprint density at radius 1 is 1.31 bits per heavy atom. The van der Waals surface area contributed by atoms with E-state index in [4.69, 9.17) is 0 Å². The van der Waals surface area contributed by atoms with Crippen LogP contribution in [0.5, 0.6) is 0 Å². The maximum Gasteiger partial charge on any atom is 0.250 e. The third-order valence-electron chi connectivity index (χ3n) is 6.11. The van der Waals surface area contributed by atoms with Gasteiger partial charge in [-0.3, -0.25) is 14.5 Å². The van der Waals surface area contributed by atoms with Gasteiger partial charge in [0.05, 0.1) is 12.5 Å². The Morgan fingerprint density at radius 2 is 2.19 bits per heavy atom. The van der Waals surface area contributed by atoms with Crippen LogP contribution >= 0.6 is 11.3 Å². The molecule has 0 bridgehead atoms. The highest BCUT2D eigenvalue weighted by atomic mass is 32.1. The summed E-state index contributed by atoms with van der Waals surface area (Å²) in [5, 5.41) is 8.13. The van der Waals surface area contributed by atoms with Crippen LogP contribution in [-0.4, -0.2) is 29.3 Å². The molecule has 5 nitrogen and oxygen atoms in total. The van der Waals surface area contributed by atoms with Crippen LogP contribution in [-0.2, 0) is 21.7 Å². The van der Waals surface area contributed by atoms with Gasteiger partial charge in [0.15, 0.2) is 0 Å². The molecule has 1 aromatic heterocycles. The molecule has 5 rings (SSSR count). The number of thiophene rings is 1. The van der Waals surface area contributed by atoms with Crippen LogP contribution in [0.15, 0.2) is 41.8 Å². The maximum absolute atomic E-state index is 13.2. The van der Waals surface area contributed by atoms with Crippen molar-refractivity contribution in [3.63, 3.8) is 0 Å². The number of nitrogens with one attached hydrogen (secondary N) is 2. The van der Waals surface area contributed by atoms with Crippen molar-refractivity contribution in [3.05, 3.63) is 52.2 Å². The molecule has 0 radical (unpaired) electrons. The lowest BCUT2D eigenvalue weighted by atomic mass is 9.78. The molecule has 0 saturated carbocycles. The zero-order valence-corrected chi connectivity index (χ0v) is 15.2. The molecule has 1 aromatic carbocycles. The molecule has 2 amide bonds. The average molecular weight is 367 g/mol. The molecule has 3 aliphatic rings. The highest BCUT2D eigenvalue weighted by molar-refractivity contribution is 7.09. The minimum atomic E-state index is -0.850. The van der Waals surface area contributed by atoms with Gasteiger partial charge >= 0.3 is 0 Å². The molecule has 3 atom stereocenters. The van der Waals surface area contributed by atoms with Crippen molar-refractivity contribution in [2.24, 2.45) is 5.92 Å². The van der Waals surface area contributed by atoms with E-state index >= 15 is 0 Å². The average Bonchev–Trinajstić information content (AvgIpc) is 3.39. The molecule has 4 heterocycles. The van der Waals surface area contributed by atoms with Gasteiger partial charge < -0.3 is 10.6 Å². The Labute approximate surface area is 156 Å². The topological polar surface area (TPSA) is 61.4 Å². The first-order valence-corrected chi connectivity index (χ1v) is 10.1. The van der Waals surface area contributed by atoms with E-state index in [0.29, 0.717) is 12.6 Å². The molecule has 2 N–H and O–H groups in total. The number of rotatable bonds is 3. The number of para-hydroxylation sites is 1.